The first-order chi connectivity index (χ1) is 16.8. The standard InChI is InChI=1S/C19H25NO4.C7H14N2O2S/c1-11(2)9-14-15(19(14,3)4)18(23)24-10-20-16(21)12-7-5-6-8-13(12)17(20)22;1-7(2,12-4)5-9-11-6(10)8-3/h9,14-15H,5-8,10H2,1-4H3;5H,1-4H3,(H,8,10)/b;9-5+. The lowest BCUT2D eigenvalue weighted by atomic mass is 9.93. The van der Waals surface area contributed by atoms with Gasteiger partial charge in [-0.15, -0.1) is 0 Å². The van der Waals surface area contributed by atoms with Crippen molar-refractivity contribution in [3.63, 3.8) is 0 Å². The van der Waals surface area contributed by atoms with E-state index in [1.165, 1.54) is 12.6 Å². The maximum Gasteiger partial charge on any atom is 0.433 e. The zero-order valence-electron chi connectivity index (χ0n) is 22.6. The maximum atomic E-state index is 12.4. The third-order valence-corrected chi connectivity index (χ3v) is 7.87. The van der Waals surface area contributed by atoms with Gasteiger partial charge in [-0.3, -0.25) is 19.2 Å². The van der Waals surface area contributed by atoms with Crippen molar-refractivity contribution in [1.82, 2.24) is 10.2 Å². The third kappa shape index (κ3) is 7.21. The molecule has 1 N–H and O–H groups in total. The van der Waals surface area contributed by atoms with E-state index < -0.39 is 6.09 Å². The highest BCUT2D eigenvalue weighted by molar-refractivity contribution is 8.00. The summed E-state index contributed by atoms with van der Waals surface area (Å²) in [6.45, 7) is 11.8. The van der Waals surface area contributed by atoms with E-state index in [2.05, 4.69) is 21.4 Å². The van der Waals surface area contributed by atoms with E-state index in [9.17, 15) is 19.2 Å². The number of hydrogen-bond donors (Lipinski definition) is 1. The number of esters is 1. The van der Waals surface area contributed by atoms with Crippen LogP contribution in [0.3, 0.4) is 0 Å². The number of hydrogen-bond acceptors (Lipinski definition) is 8. The number of carbonyl (C=O) groups excluding carboxylic acids is 4. The monoisotopic (exact) mass is 521 g/mol. The van der Waals surface area contributed by atoms with Crippen molar-refractivity contribution in [2.45, 2.75) is 72.0 Å². The molecule has 1 fully saturated rings. The molecule has 1 saturated carbocycles. The number of thioether (sulfide) groups is 1. The van der Waals surface area contributed by atoms with Gasteiger partial charge >= 0.3 is 12.1 Å². The summed E-state index contributed by atoms with van der Waals surface area (Å²) >= 11 is 1.63. The van der Waals surface area contributed by atoms with Gasteiger partial charge < -0.3 is 10.1 Å². The fourth-order valence-corrected chi connectivity index (χ4v) is 4.38. The molecule has 2 aliphatic carbocycles. The molecule has 0 aromatic heterocycles. The number of nitrogens with one attached hydrogen (secondary N) is 1. The second-order valence-corrected chi connectivity index (χ2v) is 12.0. The zero-order chi connectivity index (χ0) is 27.3. The molecule has 10 heteroatoms. The molecular weight excluding hydrogens is 482 g/mol. The molecule has 9 nitrogen and oxygen atoms in total. The number of ether oxygens (including phenoxy) is 1. The van der Waals surface area contributed by atoms with Crippen molar-refractivity contribution in [2.75, 3.05) is 20.0 Å². The van der Waals surface area contributed by atoms with Crippen molar-refractivity contribution in [2.24, 2.45) is 22.4 Å². The molecule has 1 heterocycles. The molecule has 200 valence electrons. The molecule has 3 aliphatic rings. The lowest BCUT2D eigenvalue weighted by Gasteiger charge is -2.15. The fraction of sp³-hybridized carbons (Fsp3) is 0.654. The predicted octanol–water partition coefficient (Wildman–Crippen LogP) is 4.43. The van der Waals surface area contributed by atoms with Crippen LogP contribution in [0, 0.1) is 17.3 Å². The summed E-state index contributed by atoms with van der Waals surface area (Å²) in [6.07, 6.45) is 8.28. The van der Waals surface area contributed by atoms with Gasteiger partial charge in [0.05, 0.1) is 12.1 Å². The number of rotatable bonds is 7. The van der Waals surface area contributed by atoms with Gasteiger partial charge in [-0.2, -0.15) is 11.8 Å². The van der Waals surface area contributed by atoms with Gasteiger partial charge in [-0.25, -0.2) is 9.69 Å². The van der Waals surface area contributed by atoms with E-state index in [-0.39, 0.29) is 46.5 Å². The Labute approximate surface area is 218 Å². The van der Waals surface area contributed by atoms with Crippen LogP contribution in [-0.2, 0) is 24.0 Å². The molecule has 0 bridgehead atoms. The molecule has 0 spiro atoms. The summed E-state index contributed by atoms with van der Waals surface area (Å²) < 4.78 is 5.23. The van der Waals surface area contributed by atoms with Crippen molar-refractivity contribution in [1.29, 1.82) is 0 Å². The first kappa shape index (κ1) is 29.6. The molecule has 1 aliphatic heterocycles. The Morgan fingerprint density at radius 3 is 2.19 bits per heavy atom. The number of imide groups is 1. The largest absolute Gasteiger partial charge is 0.443 e. The van der Waals surface area contributed by atoms with E-state index in [1.807, 2.05) is 47.8 Å². The Balaban J connectivity index is 0.000000324. The topological polar surface area (TPSA) is 114 Å². The lowest BCUT2D eigenvalue weighted by Crippen LogP contribution is -2.35. The highest BCUT2D eigenvalue weighted by atomic mass is 32.2. The van der Waals surface area contributed by atoms with Gasteiger partial charge in [-0.1, -0.05) is 30.7 Å². The molecule has 2 atom stereocenters. The molecule has 0 aromatic rings. The van der Waals surface area contributed by atoms with Crippen LogP contribution in [0.25, 0.3) is 0 Å². The van der Waals surface area contributed by atoms with Crippen LogP contribution < -0.4 is 5.32 Å². The summed E-state index contributed by atoms with van der Waals surface area (Å²) in [4.78, 5) is 53.1. The molecule has 3 amide bonds. The van der Waals surface area contributed by atoms with Crippen molar-refractivity contribution >= 4 is 41.9 Å². The minimum atomic E-state index is -0.553. The van der Waals surface area contributed by atoms with Crippen LogP contribution in [0.5, 0.6) is 0 Å². The quantitative estimate of drug-likeness (QED) is 0.132. The van der Waals surface area contributed by atoms with Gasteiger partial charge in [0.25, 0.3) is 11.8 Å². The Kier molecular flexibility index (Phi) is 9.93. The summed E-state index contributed by atoms with van der Waals surface area (Å²) in [5, 5.41) is 5.81. The average molecular weight is 522 g/mol. The van der Waals surface area contributed by atoms with E-state index in [4.69, 9.17) is 4.74 Å². The van der Waals surface area contributed by atoms with Gasteiger partial charge in [0.15, 0.2) is 6.73 Å². The smallest absolute Gasteiger partial charge is 0.433 e. The summed E-state index contributed by atoms with van der Waals surface area (Å²) in [6, 6.07) is 0. The predicted molar refractivity (Wildman–Crippen MR) is 140 cm³/mol. The van der Waals surface area contributed by atoms with Gasteiger partial charge in [0, 0.05) is 22.9 Å². The number of amides is 3. The van der Waals surface area contributed by atoms with Crippen molar-refractivity contribution < 1.29 is 28.8 Å². The summed E-state index contributed by atoms with van der Waals surface area (Å²) in [5.41, 5.74) is 2.28. The Hall–Kier alpha value is -2.62. The van der Waals surface area contributed by atoms with Crippen LogP contribution in [-0.4, -0.2) is 59.8 Å². The van der Waals surface area contributed by atoms with Crippen LogP contribution in [0.1, 0.15) is 67.2 Å². The minimum Gasteiger partial charge on any atom is -0.443 e. The normalized spacial score (nSPS) is 22.5. The lowest BCUT2D eigenvalue weighted by molar-refractivity contribution is -0.156. The van der Waals surface area contributed by atoms with Crippen LogP contribution >= 0.6 is 11.8 Å². The average Bonchev–Trinajstić information content (AvgIpc) is 3.26. The fourth-order valence-electron chi connectivity index (χ4n) is 4.23. The van der Waals surface area contributed by atoms with E-state index >= 15 is 0 Å². The summed E-state index contributed by atoms with van der Waals surface area (Å²) in [7, 11) is 1.48. The van der Waals surface area contributed by atoms with Crippen LogP contribution in [0.4, 0.5) is 4.79 Å². The Morgan fingerprint density at radius 2 is 1.72 bits per heavy atom. The molecule has 3 rings (SSSR count). The van der Waals surface area contributed by atoms with Crippen LogP contribution in [0.2, 0.25) is 0 Å². The Morgan fingerprint density at radius 1 is 1.17 bits per heavy atom. The molecule has 36 heavy (non-hydrogen) atoms. The molecule has 0 radical (unpaired) electrons. The van der Waals surface area contributed by atoms with Gasteiger partial charge in [0.2, 0.25) is 0 Å². The van der Waals surface area contributed by atoms with Crippen molar-refractivity contribution in [3.8, 4) is 0 Å². The van der Waals surface area contributed by atoms with E-state index in [0.29, 0.717) is 24.0 Å². The number of oxime groups is 1. The molecule has 0 aromatic carbocycles. The Bertz CT molecular complexity index is 950. The molecular formula is C26H39N3O6S. The van der Waals surface area contributed by atoms with Gasteiger partial charge in [-0.05, 0) is 71.0 Å². The van der Waals surface area contributed by atoms with Gasteiger partial charge in [0.1, 0.15) is 0 Å². The van der Waals surface area contributed by atoms with E-state index in [0.717, 1.165) is 17.7 Å². The first-order valence-electron chi connectivity index (χ1n) is 12.1. The number of allylic oxidation sites excluding steroid dienone is 2. The minimum absolute atomic E-state index is 0.103. The SMILES string of the molecule is CC(C)=CC1C(C(=O)OCN2C(=O)C3=C(CCCC3)C2=O)C1(C)C.CNC(=O)O/N=C/C(C)(C)SC. The second-order valence-electron chi connectivity index (χ2n) is 10.5. The third-order valence-electron chi connectivity index (χ3n) is 6.72. The van der Waals surface area contributed by atoms with Crippen molar-refractivity contribution in [3.05, 3.63) is 22.8 Å². The zero-order valence-corrected chi connectivity index (χ0v) is 23.4. The summed E-state index contributed by atoms with van der Waals surface area (Å²) in [5.74, 6) is -0.932. The number of nitrogens with zero attached hydrogens (tertiary/aromatic N) is 2. The highest BCUT2D eigenvalue weighted by Gasteiger charge is 2.61. The maximum absolute atomic E-state index is 12.4. The van der Waals surface area contributed by atoms with Crippen LogP contribution in [0.15, 0.2) is 28.0 Å². The highest BCUT2D eigenvalue weighted by Crippen LogP contribution is 2.59. The number of carbonyl (C=O) groups is 4. The molecule has 0 saturated heterocycles. The van der Waals surface area contributed by atoms with E-state index in [1.54, 1.807) is 18.0 Å². The second kappa shape index (κ2) is 12.1. The molecule has 2 unspecified atom stereocenters. The first-order valence-corrected chi connectivity index (χ1v) is 13.4.